The van der Waals surface area contributed by atoms with Gasteiger partial charge in [0.25, 0.3) is 0 Å². The molecule has 90 valence electrons. The molecule has 17 heavy (non-hydrogen) atoms. The van der Waals surface area contributed by atoms with Crippen LogP contribution in [0.5, 0.6) is 0 Å². The maximum atomic E-state index is 12.2. The number of Topliss-reactive ketones (excluding diaryl/α,β-unsaturated/α-hetero) is 1. The number of carbonyl (C=O) groups is 1. The summed E-state index contributed by atoms with van der Waals surface area (Å²) >= 11 is 6.04. The molecule has 0 fully saturated rings. The zero-order valence-corrected chi connectivity index (χ0v) is 11.4. The Kier molecular flexibility index (Phi) is 2.86. The lowest BCUT2D eigenvalue weighted by molar-refractivity contribution is 0.0858. The molecule has 0 unspecified atom stereocenters. The summed E-state index contributed by atoms with van der Waals surface area (Å²) < 4.78 is 0. The van der Waals surface area contributed by atoms with Gasteiger partial charge in [0, 0.05) is 16.5 Å². The molecule has 0 amide bonds. The molecule has 0 aliphatic carbocycles. The van der Waals surface area contributed by atoms with E-state index in [1.807, 2.05) is 39.8 Å². The molecule has 1 aromatic rings. The van der Waals surface area contributed by atoms with Crippen molar-refractivity contribution in [2.24, 2.45) is 10.4 Å². The van der Waals surface area contributed by atoms with Gasteiger partial charge in [-0.05, 0) is 30.2 Å². The van der Waals surface area contributed by atoms with Gasteiger partial charge in [-0.2, -0.15) is 0 Å². The van der Waals surface area contributed by atoms with E-state index in [0.29, 0.717) is 11.7 Å². The number of halogens is 1. The fraction of sp³-hybridized carbons (Fsp3) is 0.429. The van der Waals surface area contributed by atoms with Crippen molar-refractivity contribution in [3.8, 4) is 0 Å². The lowest BCUT2D eigenvalue weighted by atomic mass is 9.85. The third kappa shape index (κ3) is 2.14. The van der Waals surface area contributed by atoms with E-state index in [1.54, 1.807) is 0 Å². The van der Waals surface area contributed by atoms with Gasteiger partial charge >= 0.3 is 0 Å². The smallest absolute Gasteiger partial charge is 0.168 e. The van der Waals surface area contributed by atoms with Crippen molar-refractivity contribution in [1.82, 2.24) is 0 Å². The molecule has 0 spiro atoms. The first-order chi connectivity index (χ1) is 7.80. The Bertz CT molecular complexity index is 524. The third-order valence-corrected chi connectivity index (χ3v) is 3.34. The van der Waals surface area contributed by atoms with Gasteiger partial charge in [0.2, 0.25) is 0 Å². The van der Waals surface area contributed by atoms with Crippen LogP contribution < -0.4 is 0 Å². The number of rotatable bonds is 1. The first-order valence-corrected chi connectivity index (χ1v) is 6.07. The van der Waals surface area contributed by atoms with E-state index >= 15 is 0 Å². The number of carbonyl (C=O) groups excluding carboxylic acids is 1. The summed E-state index contributed by atoms with van der Waals surface area (Å²) in [5, 5.41) is 0.520. The molecule has 0 bridgehead atoms. The van der Waals surface area contributed by atoms with Crippen LogP contribution in [0.4, 0.5) is 0 Å². The van der Waals surface area contributed by atoms with Crippen molar-refractivity contribution in [2.45, 2.75) is 34.2 Å². The van der Waals surface area contributed by atoms with Crippen molar-refractivity contribution in [3.05, 3.63) is 34.4 Å². The SMILES string of the molecule is Cc1cc(C(=O)C(C)(C)C)cc2c1CN=C2Cl. The predicted octanol–water partition coefficient (Wildman–Crippen LogP) is 3.72. The number of ketones is 1. The second kappa shape index (κ2) is 3.95. The zero-order valence-electron chi connectivity index (χ0n) is 10.6. The molecule has 0 N–H and O–H groups in total. The Balaban J connectivity index is 2.53. The molecule has 3 heteroatoms. The lowest BCUT2D eigenvalue weighted by Crippen LogP contribution is -2.20. The van der Waals surface area contributed by atoms with Crippen LogP contribution in [-0.4, -0.2) is 11.0 Å². The van der Waals surface area contributed by atoms with Crippen LogP contribution in [0.25, 0.3) is 0 Å². The highest BCUT2D eigenvalue weighted by Crippen LogP contribution is 2.29. The molecule has 0 atom stereocenters. The number of hydrogen-bond acceptors (Lipinski definition) is 2. The van der Waals surface area contributed by atoms with Crippen LogP contribution >= 0.6 is 11.6 Å². The summed E-state index contributed by atoms with van der Waals surface area (Å²) in [6.07, 6.45) is 0. The molecule has 2 nitrogen and oxygen atoms in total. The average Bonchev–Trinajstić information content (AvgIpc) is 2.59. The molecule has 1 heterocycles. The molecule has 1 aromatic carbocycles. The van der Waals surface area contributed by atoms with Crippen molar-refractivity contribution >= 4 is 22.6 Å². The molecule has 1 aliphatic rings. The van der Waals surface area contributed by atoms with Gasteiger partial charge in [-0.3, -0.25) is 9.79 Å². The highest BCUT2D eigenvalue weighted by atomic mass is 35.5. The summed E-state index contributed by atoms with van der Waals surface area (Å²) in [4.78, 5) is 16.4. The highest BCUT2D eigenvalue weighted by Gasteiger charge is 2.25. The second-order valence-electron chi connectivity index (χ2n) is 5.51. The molecule has 0 aromatic heterocycles. The minimum Gasteiger partial charge on any atom is -0.294 e. The number of nitrogens with zero attached hydrogens (tertiary/aromatic N) is 1. The Labute approximate surface area is 107 Å². The average molecular weight is 250 g/mol. The van der Waals surface area contributed by atoms with Crippen molar-refractivity contribution in [3.63, 3.8) is 0 Å². The van der Waals surface area contributed by atoms with Crippen LogP contribution in [0.3, 0.4) is 0 Å². The normalized spacial score (nSPS) is 14.5. The minimum absolute atomic E-state index is 0.139. The largest absolute Gasteiger partial charge is 0.294 e. The van der Waals surface area contributed by atoms with Crippen LogP contribution in [0.15, 0.2) is 17.1 Å². The Morgan fingerprint density at radius 1 is 1.35 bits per heavy atom. The van der Waals surface area contributed by atoms with Crippen LogP contribution in [0.2, 0.25) is 0 Å². The molecule has 1 aliphatic heterocycles. The third-order valence-electron chi connectivity index (χ3n) is 3.01. The van der Waals surface area contributed by atoms with E-state index in [1.165, 1.54) is 0 Å². The van der Waals surface area contributed by atoms with Crippen molar-refractivity contribution in [2.75, 3.05) is 0 Å². The quantitative estimate of drug-likeness (QED) is 0.698. The van der Waals surface area contributed by atoms with Crippen molar-refractivity contribution < 1.29 is 4.79 Å². The first-order valence-electron chi connectivity index (χ1n) is 5.69. The van der Waals surface area contributed by atoms with E-state index in [-0.39, 0.29) is 11.2 Å². The highest BCUT2D eigenvalue weighted by molar-refractivity contribution is 6.70. The Morgan fingerprint density at radius 3 is 2.59 bits per heavy atom. The van der Waals surface area contributed by atoms with E-state index in [9.17, 15) is 4.79 Å². The Hall–Kier alpha value is -1.15. The summed E-state index contributed by atoms with van der Waals surface area (Å²) in [6, 6.07) is 3.81. The number of aryl methyl sites for hydroxylation is 1. The van der Waals surface area contributed by atoms with Gasteiger partial charge in [-0.1, -0.05) is 32.4 Å². The summed E-state index contributed by atoms with van der Waals surface area (Å²) in [7, 11) is 0. The van der Waals surface area contributed by atoms with Gasteiger partial charge in [0.1, 0.15) is 5.17 Å². The van der Waals surface area contributed by atoms with Crippen molar-refractivity contribution in [1.29, 1.82) is 0 Å². The number of hydrogen-bond donors (Lipinski definition) is 0. The maximum Gasteiger partial charge on any atom is 0.168 e. The number of fused-ring (bicyclic) bond motifs is 1. The van der Waals surface area contributed by atoms with Gasteiger partial charge in [-0.15, -0.1) is 0 Å². The van der Waals surface area contributed by atoms with E-state index in [4.69, 9.17) is 11.6 Å². The molecule has 2 rings (SSSR count). The number of benzene rings is 1. The summed E-state index contributed by atoms with van der Waals surface area (Å²) in [5.74, 6) is 0.139. The molecule has 0 saturated heterocycles. The number of aliphatic imine (C=N–C) groups is 1. The van der Waals surface area contributed by atoms with Crippen LogP contribution in [0.1, 0.15) is 47.8 Å². The molecular weight excluding hydrogens is 234 g/mol. The van der Waals surface area contributed by atoms with Gasteiger partial charge < -0.3 is 0 Å². The standard InChI is InChI=1S/C14H16ClNO/c1-8-5-9(12(17)14(2,3)4)6-10-11(8)7-16-13(10)15/h5-6H,7H2,1-4H3. The topological polar surface area (TPSA) is 29.4 Å². The monoisotopic (exact) mass is 249 g/mol. The van der Waals surface area contributed by atoms with Crippen LogP contribution in [0, 0.1) is 12.3 Å². The van der Waals surface area contributed by atoms with Gasteiger partial charge in [0.05, 0.1) is 6.54 Å². The Morgan fingerprint density at radius 2 is 2.00 bits per heavy atom. The zero-order chi connectivity index (χ0) is 12.8. The lowest BCUT2D eigenvalue weighted by Gasteiger charge is -2.18. The molecule has 0 saturated carbocycles. The fourth-order valence-corrected chi connectivity index (χ4v) is 2.24. The molecular formula is C14H16ClNO. The van der Waals surface area contributed by atoms with E-state index in [0.717, 1.165) is 22.3 Å². The minimum atomic E-state index is -0.372. The maximum absolute atomic E-state index is 12.2. The fourth-order valence-electron chi connectivity index (χ4n) is 2.01. The van der Waals surface area contributed by atoms with E-state index < -0.39 is 0 Å². The van der Waals surface area contributed by atoms with Crippen LogP contribution in [-0.2, 0) is 6.54 Å². The first kappa shape index (κ1) is 12.3. The summed E-state index contributed by atoms with van der Waals surface area (Å²) in [6.45, 7) is 8.40. The second-order valence-corrected chi connectivity index (χ2v) is 5.86. The van der Waals surface area contributed by atoms with E-state index in [2.05, 4.69) is 4.99 Å². The van der Waals surface area contributed by atoms with Gasteiger partial charge in [0.15, 0.2) is 5.78 Å². The van der Waals surface area contributed by atoms with Gasteiger partial charge in [-0.25, -0.2) is 0 Å². The molecule has 0 radical (unpaired) electrons. The predicted molar refractivity (Wildman–Crippen MR) is 71.1 cm³/mol. The summed E-state index contributed by atoms with van der Waals surface area (Å²) in [5.41, 5.74) is 3.50.